The van der Waals surface area contributed by atoms with Crippen molar-refractivity contribution in [2.24, 2.45) is 0 Å². The van der Waals surface area contributed by atoms with Crippen LogP contribution in [0.3, 0.4) is 0 Å². The maximum Gasteiger partial charge on any atom is 0.348 e. The number of H-pyrrole nitrogens is 1. The van der Waals surface area contributed by atoms with Crippen molar-refractivity contribution in [3.8, 4) is 0 Å². The minimum absolute atomic E-state index is 0.246. The molecule has 17 heavy (non-hydrogen) atoms. The zero-order chi connectivity index (χ0) is 12.3. The normalized spacial score (nSPS) is 12.8. The van der Waals surface area contributed by atoms with E-state index in [1.54, 1.807) is 13.2 Å². The summed E-state index contributed by atoms with van der Waals surface area (Å²) in [6.45, 7) is 2.74. The average molecular weight is 237 g/mol. The summed E-state index contributed by atoms with van der Waals surface area (Å²) in [5, 5.41) is 9.45. The molecule has 0 spiro atoms. The van der Waals surface area contributed by atoms with Crippen LogP contribution in [0.15, 0.2) is 17.2 Å². The Hall–Kier alpha value is -1.89. The molecule has 0 aliphatic carbocycles. The van der Waals surface area contributed by atoms with Crippen LogP contribution in [0, 0.1) is 0 Å². The number of hydrogen-bond donors (Lipinski definition) is 2. The zero-order valence-corrected chi connectivity index (χ0v) is 9.80. The summed E-state index contributed by atoms with van der Waals surface area (Å²) in [4.78, 5) is 15.4. The van der Waals surface area contributed by atoms with E-state index in [-0.39, 0.29) is 11.7 Å². The van der Waals surface area contributed by atoms with E-state index >= 15 is 0 Å². The van der Waals surface area contributed by atoms with E-state index < -0.39 is 0 Å². The molecule has 0 saturated carbocycles. The lowest BCUT2D eigenvalue weighted by molar-refractivity contribution is 0.191. The molecule has 0 aliphatic heterocycles. The number of rotatable bonds is 5. The topological polar surface area (TPSA) is 84.3 Å². The largest absolute Gasteiger partial charge is 0.385 e. The summed E-state index contributed by atoms with van der Waals surface area (Å²) in [6, 6.07) is 1.97. The van der Waals surface area contributed by atoms with Crippen LogP contribution < -0.4 is 11.0 Å². The monoisotopic (exact) mass is 237 g/mol. The Kier molecular flexibility index (Phi) is 3.38. The van der Waals surface area contributed by atoms with Crippen molar-refractivity contribution in [1.82, 2.24) is 19.6 Å². The highest BCUT2D eigenvalue weighted by Gasteiger charge is 2.05. The molecule has 7 heteroatoms. The van der Waals surface area contributed by atoms with Gasteiger partial charge in [-0.25, -0.2) is 19.3 Å². The Morgan fingerprint density at radius 3 is 3.24 bits per heavy atom. The Bertz CT molecular complexity index is 547. The first-order valence-electron chi connectivity index (χ1n) is 5.39. The third-order valence-electron chi connectivity index (χ3n) is 2.46. The molecule has 1 atom stereocenters. The maximum absolute atomic E-state index is 11.2. The Balaban J connectivity index is 2.11. The number of methoxy groups -OCH3 is 1. The van der Waals surface area contributed by atoms with Crippen molar-refractivity contribution in [1.29, 1.82) is 0 Å². The first-order valence-corrected chi connectivity index (χ1v) is 5.39. The molecular weight excluding hydrogens is 222 g/mol. The summed E-state index contributed by atoms with van der Waals surface area (Å²) >= 11 is 0. The van der Waals surface area contributed by atoms with Crippen LogP contribution in [0.1, 0.15) is 13.3 Å². The molecule has 2 aromatic heterocycles. The molecule has 0 amide bonds. The Labute approximate surface area is 97.8 Å². The van der Waals surface area contributed by atoms with Gasteiger partial charge < -0.3 is 10.1 Å². The van der Waals surface area contributed by atoms with E-state index in [0.29, 0.717) is 18.1 Å². The Morgan fingerprint density at radius 2 is 2.47 bits per heavy atom. The van der Waals surface area contributed by atoms with E-state index in [4.69, 9.17) is 4.74 Å². The van der Waals surface area contributed by atoms with Crippen LogP contribution >= 0.6 is 0 Å². The van der Waals surface area contributed by atoms with E-state index in [1.807, 2.05) is 6.92 Å². The SMILES string of the molecule is COCCC(C)Nc1cc2n[nH]c(=O)n2cn1. The van der Waals surface area contributed by atoms with Crippen molar-refractivity contribution in [3.05, 3.63) is 22.9 Å². The van der Waals surface area contributed by atoms with Gasteiger partial charge in [-0.2, -0.15) is 5.10 Å². The second-order valence-electron chi connectivity index (χ2n) is 3.86. The van der Waals surface area contributed by atoms with E-state index in [0.717, 1.165) is 6.42 Å². The summed E-state index contributed by atoms with van der Waals surface area (Å²) in [5.74, 6) is 0.695. The molecule has 0 fully saturated rings. The molecule has 7 nitrogen and oxygen atoms in total. The van der Waals surface area contributed by atoms with E-state index in [1.165, 1.54) is 10.7 Å². The third-order valence-corrected chi connectivity index (χ3v) is 2.46. The fourth-order valence-electron chi connectivity index (χ4n) is 1.51. The van der Waals surface area contributed by atoms with Crippen LogP contribution in [0.4, 0.5) is 5.82 Å². The summed E-state index contributed by atoms with van der Waals surface area (Å²) in [6.07, 6.45) is 2.34. The molecule has 0 saturated heterocycles. The number of fused-ring (bicyclic) bond motifs is 1. The number of nitrogens with zero attached hydrogens (tertiary/aromatic N) is 3. The van der Waals surface area contributed by atoms with Crippen LogP contribution in [0.5, 0.6) is 0 Å². The molecule has 2 heterocycles. The zero-order valence-electron chi connectivity index (χ0n) is 9.80. The summed E-state index contributed by atoms with van der Waals surface area (Å²) in [7, 11) is 1.67. The van der Waals surface area contributed by atoms with Gasteiger partial charge >= 0.3 is 5.69 Å². The van der Waals surface area contributed by atoms with Gasteiger partial charge in [-0.05, 0) is 13.3 Å². The van der Waals surface area contributed by atoms with E-state index in [2.05, 4.69) is 20.5 Å². The van der Waals surface area contributed by atoms with Crippen LogP contribution in [-0.4, -0.2) is 39.3 Å². The highest BCUT2D eigenvalue weighted by Crippen LogP contribution is 2.07. The highest BCUT2D eigenvalue weighted by atomic mass is 16.5. The minimum Gasteiger partial charge on any atom is -0.385 e. The quantitative estimate of drug-likeness (QED) is 0.779. The first-order chi connectivity index (χ1) is 8.20. The summed E-state index contributed by atoms with van der Waals surface area (Å²) < 4.78 is 6.35. The molecule has 2 N–H and O–H groups in total. The fraction of sp³-hybridized carbons (Fsp3) is 0.500. The lowest BCUT2D eigenvalue weighted by atomic mass is 10.2. The predicted octanol–water partition coefficient (Wildman–Crippen LogP) is 0.254. The lowest BCUT2D eigenvalue weighted by Gasteiger charge is -2.13. The van der Waals surface area contributed by atoms with Crippen LogP contribution in [0.25, 0.3) is 5.65 Å². The minimum atomic E-state index is -0.286. The third kappa shape index (κ3) is 2.62. The maximum atomic E-state index is 11.2. The van der Waals surface area contributed by atoms with Crippen molar-refractivity contribution in [3.63, 3.8) is 0 Å². The molecule has 0 bridgehead atoms. The predicted molar refractivity (Wildman–Crippen MR) is 63.2 cm³/mol. The first kappa shape index (κ1) is 11.6. The molecule has 0 aromatic carbocycles. The van der Waals surface area contributed by atoms with Crippen LogP contribution in [-0.2, 0) is 4.74 Å². The van der Waals surface area contributed by atoms with Crippen molar-refractivity contribution < 1.29 is 4.74 Å². The second-order valence-corrected chi connectivity index (χ2v) is 3.86. The Morgan fingerprint density at radius 1 is 1.65 bits per heavy atom. The van der Waals surface area contributed by atoms with Gasteiger partial charge in [0.25, 0.3) is 0 Å². The lowest BCUT2D eigenvalue weighted by Crippen LogP contribution is -2.18. The molecule has 2 aromatic rings. The van der Waals surface area contributed by atoms with Gasteiger partial charge in [0.15, 0.2) is 5.65 Å². The number of hydrogen-bond acceptors (Lipinski definition) is 5. The number of aromatic nitrogens is 4. The average Bonchev–Trinajstić information content (AvgIpc) is 2.68. The standard InChI is InChI=1S/C10H15N5O2/c1-7(3-4-17-2)12-8-5-9-13-14-10(16)15(9)6-11-8/h5-7,12H,3-4H2,1-2H3,(H,14,16). The van der Waals surface area contributed by atoms with Gasteiger partial charge in [0.1, 0.15) is 12.1 Å². The molecule has 1 unspecified atom stereocenters. The van der Waals surface area contributed by atoms with Gasteiger partial charge in [-0.1, -0.05) is 0 Å². The summed E-state index contributed by atoms with van der Waals surface area (Å²) in [5.41, 5.74) is 0.262. The van der Waals surface area contributed by atoms with Crippen LogP contribution in [0.2, 0.25) is 0 Å². The highest BCUT2D eigenvalue weighted by molar-refractivity contribution is 5.48. The number of anilines is 1. The van der Waals surface area contributed by atoms with Gasteiger partial charge in [0, 0.05) is 25.8 Å². The van der Waals surface area contributed by atoms with E-state index in [9.17, 15) is 4.79 Å². The number of nitrogens with one attached hydrogen (secondary N) is 2. The van der Waals surface area contributed by atoms with Gasteiger partial charge in [-0.3, -0.25) is 0 Å². The molecule has 0 aliphatic rings. The molecule has 92 valence electrons. The fourth-order valence-corrected chi connectivity index (χ4v) is 1.51. The second kappa shape index (κ2) is 4.96. The molecule has 0 radical (unpaired) electrons. The van der Waals surface area contributed by atoms with Gasteiger partial charge in [0.2, 0.25) is 0 Å². The van der Waals surface area contributed by atoms with Crippen molar-refractivity contribution in [2.45, 2.75) is 19.4 Å². The molecule has 2 rings (SSSR count). The smallest absolute Gasteiger partial charge is 0.348 e. The number of ether oxygens (including phenoxy) is 1. The van der Waals surface area contributed by atoms with Gasteiger partial charge in [-0.15, -0.1) is 0 Å². The van der Waals surface area contributed by atoms with Gasteiger partial charge in [0.05, 0.1) is 0 Å². The molecular formula is C10H15N5O2. The number of aromatic amines is 1. The van der Waals surface area contributed by atoms with Crippen molar-refractivity contribution in [2.75, 3.05) is 19.0 Å². The van der Waals surface area contributed by atoms with Crippen molar-refractivity contribution >= 4 is 11.5 Å².